The van der Waals surface area contributed by atoms with Gasteiger partial charge in [-0.15, -0.1) is 0 Å². The maximum atomic E-state index is 12.3. The number of anilines is 1. The number of nitriles is 1. The van der Waals surface area contributed by atoms with E-state index in [-0.39, 0.29) is 12.1 Å². The standard InChI is InChI=1S/C27H30N4O3/c1-30-23(15-22(16-28)27(34)29-17-25(33)18-32)9-10-26(30)21-6-5-20-14-24(8-7-19(20)13-21)31-11-3-2-4-12-31/h5-10,13-15,25,32-33H,2-4,11-12,17-18H2,1H3,(H,29,34)/b22-15+. The summed E-state index contributed by atoms with van der Waals surface area (Å²) in [4.78, 5) is 14.7. The van der Waals surface area contributed by atoms with Crippen molar-refractivity contribution in [3.05, 3.63) is 59.8 Å². The first-order valence-electron chi connectivity index (χ1n) is 11.6. The third-order valence-corrected chi connectivity index (χ3v) is 6.37. The number of aliphatic hydroxyl groups excluding tert-OH is 2. The summed E-state index contributed by atoms with van der Waals surface area (Å²) in [6.45, 7) is 1.66. The average molecular weight is 459 g/mol. The minimum atomic E-state index is -1.06. The Morgan fingerprint density at radius 3 is 2.59 bits per heavy atom. The first-order chi connectivity index (χ1) is 16.5. The summed E-state index contributed by atoms with van der Waals surface area (Å²) in [6.07, 6.45) is 4.28. The molecule has 1 aliphatic heterocycles. The van der Waals surface area contributed by atoms with Crippen LogP contribution in [-0.2, 0) is 11.8 Å². The van der Waals surface area contributed by atoms with E-state index in [0.29, 0.717) is 5.69 Å². The van der Waals surface area contributed by atoms with Gasteiger partial charge >= 0.3 is 0 Å². The van der Waals surface area contributed by atoms with Gasteiger partial charge in [-0.25, -0.2) is 0 Å². The SMILES string of the molecule is Cn1c(/C=C(\C#N)C(=O)NCC(O)CO)ccc1-c1ccc2cc(N3CCCCC3)ccc2c1. The number of benzene rings is 2. The number of aromatic nitrogens is 1. The molecule has 0 spiro atoms. The van der Waals surface area contributed by atoms with Crippen molar-refractivity contribution in [1.82, 2.24) is 9.88 Å². The van der Waals surface area contributed by atoms with Crippen molar-refractivity contribution < 1.29 is 15.0 Å². The fraction of sp³-hybridized carbons (Fsp3) is 0.333. The van der Waals surface area contributed by atoms with E-state index in [2.05, 4.69) is 46.6 Å². The summed E-state index contributed by atoms with van der Waals surface area (Å²) >= 11 is 0. The van der Waals surface area contributed by atoms with Crippen molar-refractivity contribution in [3.63, 3.8) is 0 Å². The number of fused-ring (bicyclic) bond motifs is 1. The highest BCUT2D eigenvalue weighted by atomic mass is 16.3. The molecule has 2 aromatic carbocycles. The van der Waals surface area contributed by atoms with Gasteiger partial charge in [0.2, 0.25) is 0 Å². The lowest BCUT2D eigenvalue weighted by molar-refractivity contribution is -0.117. The topological polar surface area (TPSA) is 102 Å². The molecule has 1 fully saturated rings. The molecule has 1 aromatic heterocycles. The van der Waals surface area contributed by atoms with Crippen LogP contribution >= 0.6 is 0 Å². The fourth-order valence-electron chi connectivity index (χ4n) is 4.37. The van der Waals surface area contributed by atoms with Crippen LogP contribution in [0.5, 0.6) is 0 Å². The molecule has 1 amide bonds. The monoisotopic (exact) mass is 458 g/mol. The lowest BCUT2D eigenvalue weighted by atomic mass is 10.0. The van der Waals surface area contributed by atoms with Gasteiger partial charge in [-0.1, -0.05) is 18.2 Å². The molecule has 1 saturated heterocycles. The molecule has 3 aromatic rings. The van der Waals surface area contributed by atoms with E-state index >= 15 is 0 Å². The summed E-state index contributed by atoms with van der Waals surface area (Å²) in [6, 6.07) is 18.8. The summed E-state index contributed by atoms with van der Waals surface area (Å²) in [5, 5.41) is 32.5. The van der Waals surface area contributed by atoms with Crippen molar-refractivity contribution in [2.24, 2.45) is 7.05 Å². The Hall–Kier alpha value is -3.60. The zero-order valence-corrected chi connectivity index (χ0v) is 19.4. The molecule has 0 aliphatic carbocycles. The van der Waals surface area contributed by atoms with E-state index in [0.717, 1.165) is 29.7 Å². The summed E-state index contributed by atoms with van der Waals surface area (Å²) in [5.74, 6) is -0.590. The smallest absolute Gasteiger partial charge is 0.262 e. The number of nitrogens with one attached hydrogen (secondary N) is 1. The van der Waals surface area contributed by atoms with Crippen molar-refractivity contribution in [1.29, 1.82) is 5.26 Å². The minimum Gasteiger partial charge on any atom is -0.394 e. The number of nitrogens with zero attached hydrogens (tertiary/aromatic N) is 3. The molecule has 1 aliphatic rings. The third-order valence-electron chi connectivity index (χ3n) is 6.37. The molecule has 4 rings (SSSR count). The molecule has 0 saturated carbocycles. The molecule has 2 heterocycles. The first-order valence-corrected chi connectivity index (χ1v) is 11.6. The van der Waals surface area contributed by atoms with Crippen LogP contribution in [0.3, 0.4) is 0 Å². The van der Waals surface area contributed by atoms with Crippen LogP contribution in [-0.4, -0.2) is 53.0 Å². The Bertz CT molecular complexity index is 1250. The summed E-state index contributed by atoms with van der Waals surface area (Å²) in [7, 11) is 1.90. The van der Waals surface area contributed by atoms with Gasteiger partial charge in [0, 0.05) is 43.8 Å². The van der Waals surface area contributed by atoms with Gasteiger partial charge in [-0.2, -0.15) is 5.26 Å². The lowest BCUT2D eigenvalue weighted by Crippen LogP contribution is -2.34. The molecular weight excluding hydrogens is 428 g/mol. The van der Waals surface area contributed by atoms with Crippen LogP contribution in [0.15, 0.2) is 54.1 Å². The quantitative estimate of drug-likeness (QED) is 0.373. The number of carbonyl (C=O) groups is 1. The number of hydrogen-bond donors (Lipinski definition) is 3. The lowest BCUT2D eigenvalue weighted by Gasteiger charge is -2.29. The van der Waals surface area contributed by atoms with Crippen molar-refractivity contribution in [2.75, 3.05) is 31.1 Å². The first kappa shape index (κ1) is 23.6. The number of hydrogen-bond acceptors (Lipinski definition) is 5. The molecule has 1 unspecified atom stereocenters. The van der Waals surface area contributed by atoms with Crippen LogP contribution in [0, 0.1) is 11.3 Å². The Morgan fingerprint density at radius 1 is 1.12 bits per heavy atom. The molecule has 1 atom stereocenters. The highest BCUT2D eigenvalue weighted by Crippen LogP contribution is 2.30. The fourth-order valence-corrected chi connectivity index (χ4v) is 4.37. The van der Waals surface area contributed by atoms with Crippen LogP contribution in [0.25, 0.3) is 28.1 Å². The highest BCUT2D eigenvalue weighted by molar-refractivity contribution is 6.01. The van der Waals surface area contributed by atoms with E-state index in [9.17, 15) is 15.2 Å². The molecular formula is C27H30N4O3. The second kappa shape index (κ2) is 10.6. The van der Waals surface area contributed by atoms with Gasteiger partial charge in [-0.3, -0.25) is 4.79 Å². The second-order valence-electron chi connectivity index (χ2n) is 8.71. The van der Waals surface area contributed by atoms with E-state index in [1.54, 1.807) is 0 Å². The van der Waals surface area contributed by atoms with Crippen LogP contribution in [0.1, 0.15) is 25.0 Å². The molecule has 7 heteroatoms. The molecule has 7 nitrogen and oxygen atoms in total. The maximum absolute atomic E-state index is 12.3. The van der Waals surface area contributed by atoms with Crippen LogP contribution in [0.4, 0.5) is 5.69 Å². The molecule has 176 valence electrons. The average Bonchev–Trinajstić information content (AvgIpc) is 3.25. The van der Waals surface area contributed by atoms with Crippen molar-refractivity contribution >= 4 is 28.4 Å². The Labute approximate surface area is 199 Å². The van der Waals surface area contributed by atoms with Crippen LogP contribution < -0.4 is 10.2 Å². The van der Waals surface area contributed by atoms with E-state index < -0.39 is 18.6 Å². The molecule has 0 radical (unpaired) electrons. The van der Waals surface area contributed by atoms with Crippen molar-refractivity contribution in [3.8, 4) is 17.3 Å². The van der Waals surface area contributed by atoms with Gasteiger partial charge in [0.25, 0.3) is 5.91 Å². The predicted octanol–water partition coefficient (Wildman–Crippen LogP) is 3.21. The molecule has 0 bridgehead atoms. The van der Waals surface area contributed by atoms with Gasteiger partial charge in [0.05, 0.1) is 12.7 Å². The summed E-state index contributed by atoms with van der Waals surface area (Å²) in [5.41, 5.74) is 3.95. The Morgan fingerprint density at radius 2 is 1.85 bits per heavy atom. The van der Waals surface area contributed by atoms with Gasteiger partial charge in [0.15, 0.2) is 0 Å². The Kier molecular flexibility index (Phi) is 7.31. The van der Waals surface area contributed by atoms with Gasteiger partial charge < -0.3 is 25.0 Å². The van der Waals surface area contributed by atoms with E-state index in [1.807, 2.05) is 29.8 Å². The molecule has 34 heavy (non-hydrogen) atoms. The van der Waals surface area contributed by atoms with Gasteiger partial charge in [0.1, 0.15) is 11.6 Å². The number of amides is 1. The number of piperidine rings is 1. The zero-order valence-electron chi connectivity index (χ0n) is 19.4. The van der Waals surface area contributed by atoms with Crippen LogP contribution in [0.2, 0.25) is 0 Å². The Balaban J connectivity index is 1.56. The minimum absolute atomic E-state index is 0.0679. The number of carbonyl (C=O) groups excluding carboxylic acids is 1. The van der Waals surface area contributed by atoms with E-state index in [1.165, 1.54) is 36.4 Å². The molecule has 3 N–H and O–H groups in total. The van der Waals surface area contributed by atoms with Gasteiger partial charge in [-0.05, 0) is 72.0 Å². The van der Waals surface area contributed by atoms with Crippen molar-refractivity contribution in [2.45, 2.75) is 25.4 Å². The largest absolute Gasteiger partial charge is 0.394 e. The maximum Gasteiger partial charge on any atom is 0.262 e. The predicted molar refractivity (Wildman–Crippen MR) is 134 cm³/mol. The van der Waals surface area contributed by atoms with E-state index in [4.69, 9.17) is 5.11 Å². The number of rotatable bonds is 7. The highest BCUT2D eigenvalue weighted by Gasteiger charge is 2.14. The summed E-state index contributed by atoms with van der Waals surface area (Å²) < 4.78 is 1.94. The third kappa shape index (κ3) is 5.14. The second-order valence-corrected chi connectivity index (χ2v) is 8.71. The normalized spacial score (nSPS) is 15.2. The number of aliphatic hydroxyl groups is 2. The zero-order chi connectivity index (χ0) is 24.1.